The summed E-state index contributed by atoms with van der Waals surface area (Å²) in [6.07, 6.45) is 3.56. The van der Waals surface area contributed by atoms with Gasteiger partial charge in [-0.05, 0) is 34.7 Å². The molecule has 4 nitrogen and oxygen atoms in total. The van der Waals surface area contributed by atoms with Crippen LogP contribution in [0.3, 0.4) is 0 Å². The highest BCUT2D eigenvalue weighted by molar-refractivity contribution is 9.10. The average Bonchev–Trinajstić information content (AvgIpc) is 2.33. The molecule has 0 spiro atoms. The van der Waals surface area contributed by atoms with Crippen LogP contribution in [0.15, 0.2) is 15.6 Å². The summed E-state index contributed by atoms with van der Waals surface area (Å²) >= 11 is 9.11. The van der Waals surface area contributed by atoms with Gasteiger partial charge in [-0.2, -0.15) is 0 Å². The maximum Gasteiger partial charge on any atom is 0.267 e. The maximum absolute atomic E-state index is 11.4. The largest absolute Gasteiger partial charge is 0.355 e. The minimum absolute atomic E-state index is 0.135. The predicted molar refractivity (Wildman–Crippen MR) is 68.2 cm³/mol. The van der Waals surface area contributed by atoms with E-state index in [1.165, 1.54) is 6.33 Å². The number of anilines is 1. The molecule has 0 aromatic carbocycles. The van der Waals surface area contributed by atoms with Crippen LogP contribution in [0.2, 0.25) is 0 Å². The van der Waals surface area contributed by atoms with Gasteiger partial charge >= 0.3 is 0 Å². The molecule has 1 aliphatic rings. The molecule has 2 rings (SSSR count). The van der Waals surface area contributed by atoms with E-state index < -0.39 is 0 Å². The second-order valence-corrected chi connectivity index (χ2v) is 5.06. The lowest BCUT2D eigenvalue weighted by Gasteiger charge is -2.32. The van der Waals surface area contributed by atoms with Crippen molar-refractivity contribution in [3.63, 3.8) is 0 Å². The van der Waals surface area contributed by atoms with Gasteiger partial charge in [0.25, 0.3) is 5.56 Å². The van der Waals surface area contributed by atoms with Crippen LogP contribution in [-0.2, 0) is 0 Å². The highest BCUT2D eigenvalue weighted by Gasteiger charge is 2.21. The maximum atomic E-state index is 11.4. The first-order valence-corrected chi connectivity index (χ1v) is 6.59. The molecule has 0 amide bonds. The minimum atomic E-state index is -0.135. The van der Waals surface area contributed by atoms with Crippen LogP contribution in [0.4, 0.5) is 5.82 Å². The Hall–Kier alpha value is -0.550. The standard InChI is InChI=1S/C10H13BrClN3O/c11-8-9(13-6-14-10(8)16)15-3-1-7(5-12)2-4-15/h6-7H,1-5H2,(H,13,14,16). The van der Waals surface area contributed by atoms with Gasteiger partial charge in [-0.15, -0.1) is 11.6 Å². The lowest BCUT2D eigenvalue weighted by atomic mass is 9.99. The molecule has 0 radical (unpaired) electrons. The molecule has 0 bridgehead atoms. The SMILES string of the molecule is O=c1[nH]cnc(N2CCC(CCl)CC2)c1Br. The average molecular weight is 307 g/mol. The number of aromatic nitrogens is 2. The van der Waals surface area contributed by atoms with E-state index >= 15 is 0 Å². The van der Waals surface area contributed by atoms with Crippen molar-refractivity contribution in [2.24, 2.45) is 5.92 Å². The van der Waals surface area contributed by atoms with E-state index in [2.05, 4.69) is 30.8 Å². The number of halogens is 2. The number of alkyl halides is 1. The molecule has 1 fully saturated rings. The fourth-order valence-electron chi connectivity index (χ4n) is 1.89. The van der Waals surface area contributed by atoms with Gasteiger partial charge in [-0.25, -0.2) is 4.98 Å². The molecule has 1 N–H and O–H groups in total. The van der Waals surface area contributed by atoms with Gasteiger partial charge in [-0.1, -0.05) is 0 Å². The molecule has 1 saturated heterocycles. The molecule has 1 aromatic rings. The number of nitrogens with one attached hydrogen (secondary N) is 1. The topological polar surface area (TPSA) is 49.0 Å². The number of nitrogens with zero attached hydrogens (tertiary/aromatic N) is 2. The fraction of sp³-hybridized carbons (Fsp3) is 0.600. The Morgan fingerprint density at radius 1 is 1.56 bits per heavy atom. The lowest BCUT2D eigenvalue weighted by molar-refractivity contribution is 0.440. The van der Waals surface area contributed by atoms with Crippen LogP contribution in [-0.4, -0.2) is 28.9 Å². The van der Waals surface area contributed by atoms with Crippen molar-refractivity contribution in [2.45, 2.75) is 12.8 Å². The molecule has 0 aliphatic carbocycles. The second-order valence-electron chi connectivity index (χ2n) is 3.95. The van der Waals surface area contributed by atoms with Crippen LogP contribution in [0.25, 0.3) is 0 Å². The van der Waals surface area contributed by atoms with E-state index in [4.69, 9.17) is 11.6 Å². The molecule has 0 saturated carbocycles. The summed E-state index contributed by atoms with van der Waals surface area (Å²) in [7, 11) is 0. The van der Waals surface area contributed by atoms with Gasteiger partial charge in [0, 0.05) is 19.0 Å². The molecule has 2 heterocycles. The van der Waals surface area contributed by atoms with Crippen LogP contribution >= 0.6 is 27.5 Å². The summed E-state index contributed by atoms with van der Waals surface area (Å²) < 4.78 is 0.513. The monoisotopic (exact) mass is 305 g/mol. The number of piperidine rings is 1. The van der Waals surface area contributed by atoms with Gasteiger partial charge in [0.2, 0.25) is 0 Å². The highest BCUT2D eigenvalue weighted by atomic mass is 79.9. The first-order valence-electron chi connectivity index (χ1n) is 5.26. The van der Waals surface area contributed by atoms with Crippen LogP contribution < -0.4 is 10.5 Å². The third kappa shape index (κ3) is 2.40. The third-order valence-electron chi connectivity index (χ3n) is 2.91. The van der Waals surface area contributed by atoms with Crippen molar-refractivity contribution in [1.29, 1.82) is 0 Å². The Balaban J connectivity index is 2.14. The number of hydrogen-bond acceptors (Lipinski definition) is 3. The Morgan fingerprint density at radius 3 is 2.88 bits per heavy atom. The van der Waals surface area contributed by atoms with E-state index in [0.717, 1.165) is 37.6 Å². The van der Waals surface area contributed by atoms with Crippen molar-refractivity contribution in [3.05, 3.63) is 21.2 Å². The van der Waals surface area contributed by atoms with Crippen LogP contribution in [0.1, 0.15) is 12.8 Å². The number of aromatic amines is 1. The van der Waals surface area contributed by atoms with Crippen molar-refractivity contribution in [1.82, 2.24) is 9.97 Å². The number of rotatable bonds is 2. The molecular formula is C10H13BrClN3O. The summed E-state index contributed by atoms with van der Waals surface area (Å²) in [5.41, 5.74) is -0.135. The van der Waals surface area contributed by atoms with E-state index in [0.29, 0.717) is 10.4 Å². The Bertz CT molecular complexity index is 415. The molecule has 1 aliphatic heterocycles. The smallest absolute Gasteiger partial charge is 0.267 e. The quantitative estimate of drug-likeness (QED) is 0.850. The summed E-state index contributed by atoms with van der Waals surface area (Å²) in [4.78, 5) is 20.3. The van der Waals surface area contributed by atoms with Gasteiger partial charge in [-0.3, -0.25) is 4.79 Å². The molecule has 6 heteroatoms. The van der Waals surface area contributed by atoms with Crippen molar-refractivity contribution in [2.75, 3.05) is 23.9 Å². The van der Waals surface area contributed by atoms with E-state index in [1.807, 2.05) is 0 Å². The van der Waals surface area contributed by atoms with E-state index in [9.17, 15) is 4.79 Å². The molecular weight excluding hydrogens is 293 g/mol. The van der Waals surface area contributed by atoms with E-state index in [1.54, 1.807) is 0 Å². The summed E-state index contributed by atoms with van der Waals surface area (Å²) in [6, 6.07) is 0. The summed E-state index contributed by atoms with van der Waals surface area (Å²) in [6.45, 7) is 1.82. The third-order valence-corrected chi connectivity index (χ3v) is 4.06. The van der Waals surface area contributed by atoms with Gasteiger partial charge in [0.1, 0.15) is 10.3 Å². The molecule has 1 aromatic heterocycles. The van der Waals surface area contributed by atoms with Crippen LogP contribution in [0.5, 0.6) is 0 Å². The fourth-order valence-corrected chi connectivity index (χ4v) is 2.67. The van der Waals surface area contributed by atoms with Crippen molar-refractivity contribution < 1.29 is 0 Å². The summed E-state index contributed by atoms with van der Waals surface area (Å²) in [5.74, 6) is 2.05. The van der Waals surface area contributed by atoms with Gasteiger partial charge in [0.15, 0.2) is 0 Å². The van der Waals surface area contributed by atoms with Gasteiger partial charge in [0.05, 0.1) is 6.33 Å². The molecule has 0 atom stereocenters. The Kier molecular flexibility index (Phi) is 3.86. The van der Waals surface area contributed by atoms with Crippen molar-refractivity contribution in [3.8, 4) is 0 Å². The molecule has 16 heavy (non-hydrogen) atoms. The van der Waals surface area contributed by atoms with Crippen LogP contribution in [0, 0.1) is 5.92 Å². The first-order chi connectivity index (χ1) is 7.72. The minimum Gasteiger partial charge on any atom is -0.355 e. The Morgan fingerprint density at radius 2 is 2.25 bits per heavy atom. The zero-order valence-electron chi connectivity index (χ0n) is 8.75. The van der Waals surface area contributed by atoms with E-state index in [-0.39, 0.29) is 5.56 Å². The highest BCUT2D eigenvalue weighted by Crippen LogP contribution is 2.25. The Labute approximate surface area is 107 Å². The summed E-state index contributed by atoms with van der Waals surface area (Å²) in [5, 5.41) is 0. The number of H-pyrrole nitrogens is 1. The number of hydrogen-bond donors (Lipinski definition) is 1. The second kappa shape index (κ2) is 5.19. The predicted octanol–water partition coefficient (Wildman–Crippen LogP) is 1.99. The lowest BCUT2D eigenvalue weighted by Crippen LogP contribution is -2.35. The zero-order valence-corrected chi connectivity index (χ0v) is 11.1. The normalized spacial score (nSPS) is 17.8. The zero-order chi connectivity index (χ0) is 11.5. The first kappa shape index (κ1) is 11.9. The molecule has 88 valence electrons. The molecule has 0 unspecified atom stereocenters. The van der Waals surface area contributed by atoms with Crippen molar-refractivity contribution >= 4 is 33.3 Å². The van der Waals surface area contributed by atoms with Gasteiger partial charge < -0.3 is 9.88 Å².